The van der Waals surface area contributed by atoms with Crippen LogP contribution in [-0.4, -0.2) is 47.2 Å². The first-order valence-electron chi connectivity index (χ1n) is 9.54. The van der Waals surface area contributed by atoms with Gasteiger partial charge in [-0.15, -0.1) is 0 Å². The number of aliphatic hydroxyl groups is 1. The largest absolute Gasteiger partial charge is 0.378 e. The molecule has 10 atom stereocenters. The van der Waals surface area contributed by atoms with Crippen LogP contribution in [0.2, 0.25) is 0 Å². The van der Waals surface area contributed by atoms with Crippen LogP contribution in [0.1, 0.15) is 31.7 Å². The number of carbonyl (C=O) groups is 1. The normalized spacial score (nSPS) is 55.8. The van der Waals surface area contributed by atoms with Crippen LogP contribution in [0.5, 0.6) is 0 Å². The van der Waals surface area contributed by atoms with E-state index >= 15 is 0 Å². The van der Waals surface area contributed by atoms with E-state index in [1.807, 2.05) is 0 Å². The molecule has 0 amide bonds. The van der Waals surface area contributed by atoms with Crippen molar-refractivity contribution in [2.75, 3.05) is 7.05 Å². The second kappa shape index (κ2) is 4.12. The van der Waals surface area contributed by atoms with Gasteiger partial charge in [0.25, 0.3) is 0 Å². The molecule has 5 fully saturated rings. The Morgan fingerprint density at radius 2 is 2.12 bits per heavy atom. The predicted octanol–water partition coefficient (Wildman–Crippen LogP) is 0.473. The van der Waals surface area contributed by atoms with E-state index in [0.717, 1.165) is 19.3 Å². The molecule has 0 radical (unpaired) electrons. The summed E-state index contributed by atoms with van der Waals surface area (Å²) < 4.78 is 0. The molecule has 4 nitrogen and oxygen atoms in total. The highest BCUT2D eigenvalue weighted by Gasteiger charge is 2.78. The van der Waals surface area contributed by atoms with E-state index in [1.54, 1.807) is 0 Å². The van der Waals surface area contributed by atoms with Crippen molar-refractivity contribution >= 4 is 11.5 Å². The molecule has 1 aromatic carbocycles. The van der Waals surface area contributed by atoms with E-state index < -0.39 is 0 Å². The lowest BCUT2D eigenvalue weighted by molar-refractivity contribution is -0.841. The Morgan fingerprint density at radius 1 is 1.33 bits per heavy atom. The van der Waals surface area contributed by atoms with Gasteiger partial charge in [-0.1, -0.05) is 25.1 Å². The number of benzene rings is 1. The van der Waals surface area contributed by atoms with Crippen LogP contribution >= 0.6 is 0 Å². The molecule has 1 aromatic rings. The zero-order chi connectivity index (χ0) is 16.4. The van der Waals surface area contributed by atoms with E-state index in [2.05, 4.69) is 43.1 Å². The number of hydrogen-bond donors (Lipinski definition) is 2. The van der Waals surface area contributed by atoms with Crippen molar-refractivity contribution in [2.45, 2.75) is 56.0 Å². The highest BCUT2D eigenvalue weighted by molar-refractivity contribution is 5.99. The van der Waals surface area contributed by atoms with E-state index in [-0.39, 0.29) is 35.6 Å². The van der Waals surface area contributed by atoms with E-state index in [1.165, 1.54) is 16.2 Å². The number of nitrogens with zero attached hydrogens (tertiary/aromatic N) is 1. The van der Waals surface area contributed by atoms with Gasteiger partial charge < -0.3 is 5.11 Å². The molecule has 10 unspecified atom stereocenters. The van der Waals surface area contributed by atoms with Crippen molar-refractivity contribution in [3.05, 3.63) is 29.8 Å². The van der Waals surface area contributed by atoms with Gasteiger partial charge in [-0.05, 0) is 31.2 Å². The highest BCUT2D eigenvalue weighted by Crippen LogP contribution is 2.64. The number of para-hydroxylation sites is 1. The van der Waals surface area contributed by atoms with Gasteiger partial charge in [0.05, 0.1) is 13.1 Å². The molecule has 1 aliphatic carbocycles. The number of Topliss-reactive ketones (excluding diaryl/α,β-unsaturated/α-hetero) is 1. The molecule has 2 N–H and O–H groups in total. The summed E-state index contributed by atoms with van der Waals surface area (Å²) in [6.07, 6.45) is 2.65. The number of ketones is 1. The van der Waals surface area contributed by atoms with Crippen LogP contribution in [0.25, 0.3) is 0 Å². The maximum atomic E-state index is 13.8. The van der Waals surface area contributed by atoms with Gasteiger partial charge in [-0.25, -0.2) is 0 Å². The molecule has 4 heteroatoms. The average molecular weight is 325 g/mol. The summed E-state index contributed by atoms with van der Waals surface area (Å²) in [5.41, 5.74) is 2.32. The molecule has 0 aromatic heterocycles. The maximum Gasteiger partial charge on any atom is 0.154 e. The van der Waals surface area contributed by atoms with Crippen LogP contribution in [0.4, 0.5) is 5.69 Å². The summed E-state index contributed by atoms with van der Waals surface area (Å²) >= 11 is 0. The van der Waals surface area contributed by atoms with Gasteiger partial charge in [-0.2, -0.15) is 0 Å². The Kier molecular flexibility index (Phi) is 2.40. The molecule has 5 aliphatic heterocycles. The number of fused-ring (bicyclic) bond motifs is 2. The molecule has 7 rings (SSSR count). The Morgan fingerprint density at radius 3 is 2.92 bits per heavy atom. The van der Waals surface area contributed by atoms with Crippen molar-refractivity contribution in [2.24, 2.45) is 17.8 Å². The van der Waals surface area contributed by atoms with Crippen molar-refractivity contribution < 1.29 is 14.8 Å². The van der Waals surface area contributed by atoms with Crippen LogP contribution in [-0.2, 0) is 10.2 Å². The molecule has 24 heavy (non-hydrogen) atoms. The van der Waals surface area contributed by atoms with Gasteiger partial charge in [0.2, 0.25) is 0 Å². The fraction of sp³-hybridized carbons (Fsp3) is 0.650. The minimum atomic E-state index is -0.347. The minimum absolute atomic E-state index is 0.151. The lowest BCUT2D eigenvalue weighted by atomic mass is 9.62. The number of nitrogens with one attached hydrogen (secondary N) is 1. The Bertz CT molecular complexity index is 764. The Balaban J connectivity index is 1.61. The third-order valence-corrected chi connectivity index (χ3v) is 8.35. The minimum Gasteiger partial charge on any atom is -0.378 e. The topological polar surface area (TPSA) is 45.0 Å². The summed E-state index contributed by atoms with van der Waals surface area (Å²) in [7, 11) is 2.23. The highest BCUT2D eigenvalue weighted by atomic mass is 16.3. The molecule has 5 heterocycles. The first-order valence-corrected chi connectivity index (χ1v) is 9.54. The number of hydrogen-bond acceptors (Lipinski definition) is 3. The first kappa shape index (κ1) is 14.0. The number of carbonyl (C=O) groups excluding carboxylic acids is 1. The summed E-state index contributed by atoms with van der Waals surface area (Å²) in [5.74, 6) is 1.32. The number of rotatable bonds is 1. The average Bonchev–Trinajstić information content (AvgIpc) is 2.97. The zero-order valence-electron chi connectivity index (χ0n) is 14.3. The summed E-state index contributed by atoms with van der Waals surface area (Å²) in [4.78, 5) is 17.6. The Labute approximate surface area is 142 Å². The first-order chi connectivity index (χ1) is 11.6. The predicted molar refractivity (Wildman–Crippen MR) is 88.9 cm³/mol. The number of aliphatic hydroxyl groups excluding tert-OH is 1. The molecule has 126 valence electrons. The second-order valence-electron chi connectivity index (χ2n) is 8.74. The van der Waals surface area contributed by atoms with E-state index in [0.29, 0.717) is 17.7 Å². The third-order valence-electron chi connectivity index (χ3n) is 8.35. The third kappa shape index (κ3) is 1.18. The summed E-state index contributed by atoms with van der Waals surface area (Å²) in [6, 6.07) is 9.50. The monoisotopic (exact) mass is 325 g/mol. The van der Waals surface area contributed by atoms with Crippen molar-refractivity contribution in [3.63, 3.8) is 0 Å². The van der Waals surface area contributed by atoms with E-state index in [9.17, 15) is 9.90 Å². The Hall–Kier alpha value is -1.23. The van der Waals surface area contributed by atoms with Crippen LogP contribution in [0, 0.1) is 17.8 Å². The number of likely N-dealkylation sites (N-methyl/N-ethyl adjacent to an activating group) is 1. The fourth-order valence-corrected chi connectivity index (χ4v) is 7.75. The van der Waals surface area contributed by atoms with E-state index in [4.69, 9.17) is 0 Å². The fourth-order valence-electron chi connectivity index (χ4n) is 7.75. The van der Waals surface area contributed by atoms with Crippen LogP contribution in [0.15, 0.2) is 24.3 Å². The lowest BCUT2D eigenvalue weighted by Crippen LogP contribution is -3.11. The van der Waals surface area contributed by atoms with Gasteiger partial charge in [0.1, 0.15) is 23.4 Å². The molecular formula is C20H25N2O2+. The van der Waals surface area contributed by atoms with Crippen molar-refractivity contribution in [3.8, 4) is 0 Å². The smallest absolute Gasteiger partial charge is 0.154 e. The molecular weight excluding hydrogens is 300 g/mol. The lowest BCUT2D eigenvalue weighted by Gasteiger charge is -2.60. The van der Waals surface area contributed by atoms with Crippen LogP contribution in [0.3, 0.4) is 0 Å². The number of piperidine rings is 4. The summed E-state index contributed by atoms with van der Waals surface area (Å²) in [5, 5.41) is 11.0. The van der Waals surface area contributed by atoms with Gasteiger partial charge in [0, 0.05) is 23.4 Å². The molecule has 5 bridgehead atoms. The number of quaternary nitrogens is 1. The zero-order valence-corrected chi connectivity index (χ0v) is 14.3. The van der Waals surface area contributed by atoms with Crippen molar-refractivity contribution in [1.29, 1.82) is 0 Å². The standard InChI is InChI=1S/C20H24N2O2/c1-3-10-11-8-14-17-20(12-6-4-5-7-13(12)21(17)2)9-15(16(11)18(20)23)22(14)19(10)24/h4-7,10-11,14-17,19,24H,3,8-9H2,1-2H3/p+1. The maximum absolute atomic E-state index is 13.8. The SMILES string of the molecule is CCC1C2CC3C4[NH+](C)c5ccccc5C45CC(C2C5=O)N3C1O. The van der Waals surface area contributed by atoms with Gasteiger partial charge in [-0.3, -0.25) is 14.6 Å². The molecule has 4 saturated heterocycles. The second-order valence-corrected chi connectivity index (χ2v) is 8.74. The van der Waals surface area contributed by atoms with Gasteiger partial charge in [0.15, 0.2) is 5.78 Å². The molecule has 1 saturated carbocycles. The molecule has 6 aliphatic rings. The quantitative estimate of drug-likeness (QED) is 0.789. The summed E-state index contributed by atoms with van der Waals surface area (Å²) in [6.45, 7) is 2.17. The van der Waals surface area contributed by atoms with Crippen LogP contribution < -0.4 is 4.90 Å². The van der Waals surface area contributed by atoms with Crippen molar-refractivity contribution in [1.82, 2.24) is 4.90 Å². The molecule has 1 spiro atoms. The van der Waals surface area contributed by atoms with Gasteiger partial charge >= 0.3 is 0 Å².